The van der Waals surface area contributed by atoms with Crippen LogP contribution in [0.25, 0.3) is 0 Å². The summed E-state index contributed by atoms with van der Waals surface area (Å²) in [5, 5.41) is 0. The number of amides is 2. The van der Waals surface area contributed by atoms with E-state index in [0.29, 0.717) is 39.0 Å². The molecule has 2 amide bonds. The SMILES string of the molecule is CN(CCCN(C)CCC(=O)N(C)CCN)CCCN(C)CCC(=O)N(C)CCN. The van der Waals surface area contributed by atoms with E-state index in [-0.39, 0.29) is 11.8 Å². The maximum atomic E-state index is 11.9. The summed E-state index contributed by atoms with van der Waals surface area (Å²) in [6, 6.07) is 0. The first-order valence-corrected chi connectivity index (χ1v) is 11.1. The van der Waals surface area contributed by atoms with Crippen LogP contribution in [-0.2, 0) is 9.59 Å². The Hall–Kier alpha value is -1.26. The number of hydrogen-bond donors (Lipinski definition) is 2. The van der Waals surface area contributed by atoms with E-state index in [2.05, 4.69) is 35.8 Å². The van der Waals surface area contributed by atoms with Gasteiger partial charge in [-0.25, -0.2) is 0 Å². The summed E-state index contributed by atoms with van der Waals surface area (Å²) >= 11 is 0. The van der Waals surface area contributed by atoms with Gasteiger partial charge in [0.2, 0.25) is 11.8 Å². The van der Waals surface area contributed by atoms with Gasteiger partial charge in [0.15, 0.2) is 0 Å². The number of likely N-dealkylation sites (N-methyl/N-ethyl adjacent to an activating group) is 2. The zero-order valence-electron chi connectivity index (χ0n) is 20.1. The van der Waals surface area contributed by atoms with Gasteiger partial charge in [0.1, 0.15) is 0 Å². The second-order valence-corrected chi connectivity index (χ2v) is 8.32. The van der Waals surface area contributed by atoms with E-state index in [0.717, 1.165) is 52.1 Å². The smallest absolute Gasteiger partial charge is 0.223 e. The van der Waals surface area contributed by atoms with Crippen LogP contribution in [0, 0.1) is 0 Å². The molecule has 0 aromatic rings. The minimum atomic E-state index is 0.154. The summed E-state index contributed by atoms with van der Waals surface area (Å²) < 4.78 is 0. The molecule has 4 N–H and O–H groups in total. The van der Waals surface area contributed by atoms with Crippen molar-refractivity contribution in [1.29, 1.82) is 0 Å². The van der Waals surface area contributed by atoms with Crippen molar-refractivity contribution in [2.45, 2.75) is 25.7 Å². The van der Waals surface area contributed by atoms with Crippen LogP contribution in [0.15, 0.2) is 0 Å². The Bertz CT molecular complexity index is 425. The van der Waals surface area contributed by atoms with E-state index in [9.17, 15) is 9.59 Å². The first kappa shape index (κ1) is 28.7. The standard InChI is InChI=1S/C21H47N7O2/c1-24(12-6-14-25(2)16-8-20(29)27(4)18-10-22)13-7-15-26(3)17-9-21(30)28(5)19-11-23/h6-19,22-23H2,1-5H3. The molecule has 0 unspecified atom stereocenters. The lowest BCUT2D eigenvalue weighted by atomic mass is 10.3. The molecule has 0 spiro atoms. The third-order valence-electron chi connectivity index (χ3n) is 5.35. The topological polar surface area (TPSA) is 102 Å². The molecule has 0 saturated heterocycles. The van der Waals surface area contributed by atoms with Crippen molar-refractivity contribution >= 4 is 11.8 Å². The van der Waals surface area contributed by atoms with Crippen LogP contribution in [-0.4, -0.2) is 137 Å². The summed E-state index contributed by atoms with van der Waals surface area (Å²) in [6.45, 7) is 7.84. The maximum Gasteiger partial charge on any atom is 0.223 e. The Morgan fingerprint density at radius 2 is 0.833 bits per heavy atom. The van der Waals surface area contributed by atoms with Crippen molar-refractivity contribution in [3.05, 3.63) is 0 Å². The molecule has 0 aliphatic rings. The fourth-order valence-corrected chi connectivity index (χ4v) is 3.15. The second kappa shape index (κ2) is 17.4. The fraction of sp³-hybridized carbons (Fsp3) is 0.905. The average molecular weight is 430 g/mol. The van der Waals surface area contributed by atoms with E-state index < -0.39 is 0 Å². The van der Waals surface area contributed by atoms with Gasteiger partial charge in [0.25, 0.3) is 0 Å². The summed E-state index contributed by atoms with van der Waals surface area (Å²) in [5.74, 6) is 0.308. The number of nitrogens with two attached hydrogens (primary N) is 2. The van der Waals surface area contributed by atoms with E-state index in [1.165, 1.54) is 0 Å². The van der Waals surface area contributed by atoms with Crippen molar-refractivity contribution in [3.63, 3.8) is 0 Å². The fourth-order valence-electron chi connectivity index (χ4n) is 3.15. The third kappa shape index (κ3) is 14.7. The Labute approximate surface area is 184 Å². The summed E-state index contributed by atoms with van der Waals surface area (Å²) in [7, 11) is 9.89. The Balaban J connectivity index is 3.78. The monoisotopic (exact) mass is 429 g/mol. The van der Waals surface area contributed by atoms with Crippen LogP contribution < -0.4 is 11.5 Å². The normalized spacial score (nSPS) is 11.5. The van der Waals surface area contributed by atoms with Gasteiger partial charge in [-0.2, -0.15) is 0 Å². The molecule has 0 aliphatic heterocycles. The Kier molecular flexibility index (Phi) is 16.7. The van der Waals surface area contributed by atoms with E-state index >= 15 is 0 Å². The zero-order chi connectivity index (χ0) is 22.9. The van der Waals surface area contributed by atoms with Gasteiger partial charge in [-0.3, -0.25) is 9.59 Å². The molecule has 0 bridgehead atoms. The van der Waals surface area contributed by atoms with E-state index in [4.69, 9.17) is 11.5 Å². The lowest BCUT2D eigenvalue weighted by Crippen LogP contribution is -2.35. The van der Waals surface area contributed by atoms with Gasteiger partial charge in [-0.15, -0.1) is 0 Å². The zero-order valence-corrected chi connectivity index (χ0v) is 20.1. The Morgan fingerprint density at radius 3 is 1.13 bits per heavy atom. The van der Waals surface area contributed by atoms with Gasteiger partial charge < -0.3 is 36.0 Å². The van der Waals surface area contributed by atoms with Crippen LogP contribution in [0.1, 0.15) is 25.7 Å². The Morgan fingerprint density at radius 1 is 0.533 bits per heavy atom. The first-order valence-electron chi connectivity index (χ1n) is 11.1. The molecule has 0 radical (unpaired) electrons. The maximum absolute atomic E-state index is 11.9. The molecule has 0 atom stereocenters. The van der Waals surface area contributed by atoms with Gasteiger partial charge in [-0.05, 0) is 60.2 Å². The highest BCUT2D eigenvalue weighted by Crippen LogP contribution is 1.99. The van der Waals surface area contributed by atoms with Crippen molar-refractivity contribution in [2.24, 2.45) is 11.5 Å². The van der Waals surface area contributed by atoms with E-state index in [1.807, 2.05) is 0 Å². The molecule has 0 saturated carbocycles. The van der Waals surface area contributed by atoms with Gasteiger partial charge in [0, 0.05) is 66.2 Å². The van der Waals surface area contributed by atoms with Crippen molar-refractivity contribution in [2.75, 3.05) is 101 Å². The number of carbonyl (C=O) groups excluding carboxylic acids is 2. The molecule has 0 aliphatic carbocycles. The predicted molar refractivity (Wildman–Crippen MR) is 124 cm³/mol. The summed E-state index contributed by atoms with van der Waals surface area (Å²) in [4.78, 5) is 34.1. The minimum absolute atomic E-state index is 0.154. The van der Waals surface area contributed by atoms with Crippen molar-refractivity contribution in [1.82, 2.24) is 24.5 Å². The molecular formula is C21H47N7O2. The molecule has 0 heterocycles. The van der Waals surface area contributed by atoms with E-state index in [1.54, 1.807) is 23.9 Å². The molecular weight excluding hydrogens is 382 g/mol. The quantitative estimate of drug-likeness (QED) is 0.293. The van der Waals surface area contributed by atoms with Crippen LogP contribution in [0.3, 0.4) is 0 Å². The van der Waals surface area contributed by atoms with Crippen LogP contribution in [0.4, 0.5) is 0 Å². The van der Waals surface area contributed by atoms with Crippen molar-refractivity contribution < 1.29 is 9.59 Å². The molecule has 9 nitrogen and oxygen atoms in total. The van der Waals surface area contributed by atoms with Gasteiger partial charge in [0.05, 0.1) is 0 Å². The van der Waals surface area contributed by atoms with Gasteiger partial charge in [-0.1, -0.05) is 0 Å². The number of hydrogen-bond acceptors (Lipinski definition) is 7. The molecule has 30 heavy (non-hydrogen) atoms. The molecule has 0 aromatic carbocycles. The van der Waals surface area contributed by atoms with Crippen LogP contribution >= 0.6 is 0 Å². The highest BCUT2D eigenvalue weighted by atomic mass is 16.2. The lowest BCUT2D eigenvalue weighted by Gasteiger charge is -2.23. The second-order valence-electron chi connectivity index (χ2n) is 8.32. The number of nitrogens with zero attached hydrogens (tertiary/aromatic N) is 5. The van der Waals surface area contributed by atoms with Gasteiger partial charge >= 0.3 is 0 Å². The third-order valence-corrected chi connectivity index (χ3v) is 5.35. The lowest BCUT2D eigenvalue weighted by molar-refractivity contribution is -0.130. The minimum Gasteiger partial charge on any atom is -0.344 e. The van der Waals surface area contributed by atoms with Crippen LogP contribution in [0.2, 0.25) is 0 Å². The molecule has 0 rings (SSSR count). The summed E-state index contributed by atoms with van der Waals surface area (Å²) in [5.41, 5.74) is 11.0. The highest BCUT2D eigenvalue weighted by Gasteiger charge is 2.10. The predicted octanol–water partition coefficient (Wildman–Crippen LogP) is -0.824. The largest absolute Gasteiger partial charge is 0.344 e. The number of rotatable bonds is 18. The number of carbonyl (C=O) groups is 2. The van der Waals surface area contributed by atoms with Crippen LogP contribution in [0.5, 0.6) is 0 Å². The molecule has 178 valence electrons. The average Bonchev–Trinajstić information content (AvgIpc) is 2.70. The molecule has 9 heteroatoms. The summed E-state index contributed by atoms with van der Waals surface area (Å²) in [6.07, 6.45) is 3.24. The molecule has 0 fully saturated rings. The first-order chi connectivity index (χ1) is 14.2. The highest BCUT2D eigenvalue weighted by molar-refractivity contribution is 5.76. The van der Waals surface area contributed by atoms with Crippen molar-refractivity contribution in [3.8, 4) is 0 Å². The molecule has 0 aromatic heterocycles.